The minimum absolute atomic E-state index is 0.00838. The molecule has 0 radical (unpaired) electrons. The summed E-state index contributed by atoms with van der Waals surface area (Å²) < 4.78 is 46.0. The van der Waals surface area contributed by atoms with Gasteiger partial charge in [0.1, 0.15) is 101 Å². The number of aliphatic carboxylic acids is 2. The van der Waals surface area contributed by atoms with Crippen molar-refractivity contribution < 1.29 is 82.3 Å². The van der Waals surface area contributed by atoms with Crippen molar-refractivity contribution in [3.8, 4) is 58.1 Å². The van der Waals surface area contributed by atoms with E-state index in [0.717, 1.165) is 39.9 Å². The summed E-state index contributed by atoms with van der Waals surface area (Å²) in [6.45, 7) is 5.07. The average molecular weight is 1220 g/mol. The van der Waals surface area contributed by atoms with Gasteiger partial charge in [-0.25, -0.2) is 0 Å². The number of ether oxygens (including phenoxy) is 8. The van der Waals surface area contributed by atoms with Crippen LogP contribution in [0.2, 0.25) is 0 Å². The van der Waals surface area contributed by atoms with Crippen LogP contribution in [0.4, 0.5) is 11.4 Å². The molecule has 0 amide bonds. The zero-order valence-electron chi connectivity index (χ0n) is 48.6. The predicted octanol–water partition coefficient (Wildman–Crippen LogP) is 7.43. The lowest BCUT2D eigenvalue weighted by atomic mass is 10.1. The molecule has 0 spiro atoms. The molecule has 89 heavy (non-hydrogen) atoms. The van der Waals surface area contributed by atoms with E-state index in [9.17, 15) is 39.4 Å². The van der Waals surface area contributed by atoms with Crippen LogP contribution < -0.4 is 59.6 Å². The molecule has 0 saturated carbocycles. The Morgan fingerprint density at radius 3 is 1.52 bits per heavy atom. The van der Waals surface area contributed by atoms with E-state index in [1.165, 1.54) is 0 Å². The lowest BCUT2D eigenvalue weighted by molar-refractivity contribution is -0.141. The fourth-order valence-corrected chi connectivity index (χ4v) is 8.01. The molecular formula is C66H66N6O17. The Hall–Kier alpha value is -11.0. The van der Waals surface area contributed by atoms with Gasteiger partial charge in [-0.05, 0) is 109 Å². The lowest BCUT2D eigenvalue weighted by Crippen LogP contribution is -2.39. The number of hydrogen-bond donors (Lipinski definition) is 8. The van der Waals surface area contributed by atoms with Gasteiger partial charge < -0.3 is 74.7 Å². The molecule has 8 rings (SSSR count). The number of fused-ring (bicyclic) bond motifs is 2. The van der Waals surface area contributed by atoms with E-state index < -0.39 is 37.2 Å². The molecule has 23 heteroatoms. The van der Waals surface area contributed by atoms with Crippen molar-refractivity contribution in [2.75, 3.05) is 63.5 Å². The zero-order chi connectivity index (χ0) is 63.9. The van der Waals surface area contributed by atoms with Crippen molar-refractivity contribution in [2.45, 2.75) is 45.7 Å². The standard InChI is InChI=1S/C33H33N3O8.C30H26N2O6.C3H7NO3/c1-22-12-26(17-36-28(19-38)33(39)40)31(44-20-24-5-2-4-23(13-24)16-34)15-30(22)43-21-25(18-37)6-3-9-35-27-7-8-29-32(14-27)42-11-10-41-29;1-21-12-25(18-34)29(38-19-23-5-2-4-22(13-23)16-31)15-28(21)37-20-24(17-33)6-3-9-32-26-7-8-27-30(14-26)36-11-10-35-27;4-2(1-5)3(6)7/h2-9,12-15,18,28,35-36,38H,10-11,17,19-21H2,1H3,(H,39,40);2-9,12-15,17-18,32H,10-11,19-20H2,1H3;2,5H,1,4H2,(H,6,7)/b9-3-,25-6+;9-3-,24-6+;/t28-;;2-/m1.1/s1. The van der Waals surface area contributed by atoms with Crippen LogP contribution in [0.5, 0.6) is 46.0 Å². The van der Waals surface area contributed by atoms with E-state index in [1.54, 1.807) is 97.4 Å². The van der Waals surface area contributed by atoms with Crippen LogP contribution in [-0.4, -0.2) is 116 Å². The first-order chi connectivity index (χ1) is 43.2. The molecule has 462 valence electrons. The van der Waals surface area contributed by atoms with Crippen LogP contribution in [0.3, 0.4) is 0 Å². The van der Waals surface area contributed by atoms with Gasteiger partial charge in [0, 0.05) is 71.3 Å². The fourth-order valence-electron chi connectivity index (χ4n) is 8.01. The predicted molar refractivity (Wildman–Crippen MR) is 326 cm³/mol. The number of aldehydes is 3. The number of allylic oxidation sites excluding steroid dienone is 4. The van der Waals surface area contributed by atoms with E-state index in [4.69, 9.17) is 59.1 Å². The average Bonchev–Trinajstić information content (AvgIpc) is 3.35. The number of aliphatic hydroxyl groups is 2. The van der Waals surface area contributed by atoms with Crippen LogP contribution in [-0.2, 0) is 38.9 Å². The Balaban J connectivity index is 0.000000258. The smallest absolute Gasteiger partial charge is 0.323 e. The molecule has 0 aromatic heterocycles. The summed E-state index contributed by atoms with van der Waals surface area (Å²) >= 11 is 0. The maximum absolute atomic E-state index is 11.7. The number of carboxylic acid groups (broad SMARTS) is 2. The number of nitrogens with two attached hydrogens (primary N) is 1. The first-order valence-electron chi connectivity index (χ1n) is 27.5. The number of nitrogens with one attached hydrogen (secondary N) is 3. The number of carboxylic acids is 2. The molecule has 23 nitrogen and oxygen atoms in total. The highest BCUT2D eigenvalue weighted by molar-refractivity contribution is 5.81. The molecular weight excluding hydrogens is 1150 g/mol. The van der Waals surface area contributed by atoms with Crippen molar-refractivity contribution in [3.63, 3.8) is 0 Å². The molecule has 0 fully saturated rings. The highest BCUT2D eigenvalue weighted by atomic mass is 16.6. The number of aryl methyl sites for hydroxylation is 2. The summed E-state index contributed by atoms with van der Waals surface area (Å²) in [6.07, 6.45) is 12.2. The molecule has 0 unspecified atom stereocenters. The molecule has 0 saturated heterocycles. The lowest BCUT2D eigenvalue weighted by Gasteiger charge is -2.18. The Labute approximate surface area is 513 Å². The maximum atomic E-state index is 11.7. The van der Waals surface area contributed by atoms with Gasteiger partial charge in [-0.3, -0.25) is 29.3 Å². The molecule has 0 aliphatic carbocycles. The molecule has 2 atom stereocenters. The number of nitrogens with zero attached hydrogens (tertiary/aromatic N) is 2. The molecule has 2 aliphatic heterocycles. The number of aliphatic hydroxyl groups excluding tert-OH is 2. The van der Waals surface area contributed by atoms with Gasteiger partial charge in [0.25, 0.3) is 0 Å². The van der Waals surface area contributed by atoms with E-state index in [2.05, 4.69) is 28.1 Å². The van der Waals surface area contributed by atoms with Crippen molar-refractivity contribution in [1.29, 1.82) is 10.5 Å². The van der Waals surface area contributed by atoms with Crippen LogP contribution in [0.1, 0.15) is 49.3 Å². The van der Waals surface area contributed by atoms with Crippen molar-refractivity contribution >= 4 is 42.2 Å². The number of rotatable bonds is 28. The molecule has 0 bridgehead atoms. The van der Waals surface area contributed by atoms with E-state index in [1.807, 2.05) is 62.4 Å². The molecule has 9 N–H and O–H groups in total. The van der Waals surface area contributed by atoms with Gasteiger partial charge in [-0.1, -0.05) is 36.4 Å². The second-order valence-electron chi connectivity index (χ2n) is 19.3. The summed E-state index contributed by atoms with van der Waals surface area (Å²) in [6, 6.07) is 33.8. The van der Waals surface area contributed by atoms with E-state index in [-0.39, 0.29) is 33.0 Å². The molecule has 6 aromatic rings. The van der Waals surface area contributed by atoms with Gasteiger partial charge in [0.05, 0.1) is 42.0 Å². The van der Waals surface area contributed by atoms with Gasteiger partial charge >= 0.3 is 11.9 Å². The van der Waals surface area contributed by atoms with Gasteiger partial charge in [-0.2, -0.15) is 10.5 Å². The Morgan fingerprint density at radius 1 is 0.596 bits per heavy atom. The Kier molecular flexibility index (Phi) is 26.8. The van der Waals surface area contributed by atoms with E-state index >= 15 is 0 Å². The van der Waals surface area contributed by atoms with Crippen LogP contribution >= 0.6 is 0 Å². The summed E-state index contributed by atoms with van der Waals surface area (Å²) in [5.41, 5.74) is 12.3. The van der Waals surface area contributed by atoms with Gasteiger partial charge in [0.2, 0.25) is 0 Å². The normalized spacial score (nSPS) is 12.9. The number of nitriles is 2. The SMILES string of the molecule is Cc1cc(C=O)c(OCc2cccc(C#N)c2)cc1OC/C(C=O)=C/C=C\Nc1ccc2c(c1)OCCO2.Cc1cc(CN[C@H](CO)C(=O)O)c(OCc2cccc(C#N)c2)cc1OC/C(C=O)=C/C=C\Nc1ccc2c(c1)OCCO2.N[C@H](CO)C(=O)O. The highest BCUT2D eigenvalue weighted by Crippen LogP contribution is 2.35. The second-order valence-corrected chi connectivity index (χ2v) is 19.3. The van der Waals surface area contributed by atoms with Crippen LogP contribution in [0, 0.1) is 36.5 Å². The van der Waals surface area contributed by atoms with Crippen LogP contribution in [0.15, 0.2) is 157 Å². The zero-order valence-corrected chi connectivity index (χ0v) is 48.6. The van der Waals surface area contributed by atoms with Crippen molar-refractivity contribution in [1.82, 2.24) is 5.32 Å². The number of carbonyl (C=O) groups is 5. The molecule has 2 heterocycles. The minimum atomic E-state index is -1.18. The molecule has 6 aromatic carbocycles. The Morgan fingerprint density at radius 2 is 1.08 bits per heavy atom. The largest absolute Gasteiger partial charge is 0.488 e. The topological polar surface area (TPSA) is 350 Å². The first-order valence-corrected chi connectivity index (χ1v) is 27.5. The number of benzene rings is 6. The van der Waals surface area contributed by atoms with E-state index in [0.29, 0.717) is 118 Å². The number of carbonyl (C=O) groups excluding carboxylic acids is 3. The fraction of sp³-hybridized carbons (Fsp3) is 0.227. The maximum Gasteiger partial charge on any atom is 0.323 e. The minimum Gasteiger partial charge on any atom is -0.488 e. The number of anilines is 2. The third-order valence-corrected chi connectivity index (χ3v) is 12.7. The quantitative estimate of drug-likeness (QED) is 0.0134. The molecule has 2 aliphatic rings. The third kappa shape index (κ3) is 21.5. The van der Waals surface area contributed by atoms with Gasteiger partial charge in [-0.15, -0.1) is 0 Å². The van der Waals surface area contributed by atoms with Gasteiger partial charge in [0.15, 0.2) is 29.3 Å². The van der Waals surface area contributed by atoms with Crippen molar-refractivity contribution in [3.05, 3.63) is 202 Å². The van der Waals surface area contributed by atoms with Crippen LogP contribution in [0.25, 0.3) is 0 Å². The highest BCUT2D eigenvalue weighted by Gasteiger charge is 2.19. The number of hydrogen-bond acceptors (Lipinski definition) is 21. The van der Waals surface area contributed by atoms with Crippen molar-refractivity contribution in [2.24, 2.45) is 5.73 Å². The monoisotopic (exact) mass is 1210 g/mol. The first kappa shape index (κ1) is 67.2. The Bertz CT molecular complexity index is 3640. The summed E-state index contributed by atoms with van der Waals surface area (Å²) in [5, 5.41) is 61.9. The summed E-state index contributed by atoms with van der Waals surface area (Å²) in [7, 11) is 0. The summed E-state index contributed by atoms with van der Waals surface area (Å²) in [5.74, 6) is 2.13. The summed E-state index contributed by atoms with van der Waals surface area (Å²) in [4.78, 5) is 55.9. The third-order valence-electron chi connectivity index (χ3n) is 12.7. The second kappa shape index (κ2) is 35.5.